The number of amides is 1. The third kappa shape index (κ3) is 5.02. The molecule has 1 heterocycles. The first kappa shape index (κ1) is 22.3. The fourth-order valence-corrected chi connectivity index (χ4v) is 4.89. The van der Waals surface area contributed by atoms with Crippen molar-refractivity contribution in [3.63, 3.8) is 0 Å². The summed E-state index contributed by atoms with van der Waals surface area (Å²) in [5.41, 5.74) is 0.577. The second-order valence-corrected chi connectivity index (χ2v) is 9.26. The van der Waals surface area contributed by atoms with Gasteiger partial charge < -0.3 is 5.32 Å². The number of halogens is 3. The molecule has 9 heteroatoms. The van der Waals surface area contributed by atoms with Crippen molar-refractivity contribution in [3.8, 4) is 0 Å². The number of benzene rings is 2. The monoisotopic (exact) mass is 440 g/mol. The maximum atomic E-state index is 12.9. The lowest BCUT2D eigenvalue weighted by atomic mass is 10.1. The van der Waals surface area contributed by atoms with E-state index in [1.54, 1.807) is 13.0 Å². The van der Waals surface area contributed by atoms with Gasteiger partial charge in [0.25, 0.3) is 5.91 Å². The molecule has 1 aliphatic rings. The molecular formula is C21H23F3N2O3S. The van der Waals surface area contributed by atoms with E-state index >= 15 is 0 Å². The average Bonchev–Trinajstić information content (AvgIpc) is 2.72. The number of carbonyl (C=O) groups is 1. The maximum absolute atomic E-state index is 12.9. The predicted molar refractivity (Wildman–Crippen MR) is 106 cm³/mol. The van der Waals surface area contributed by atoms with E-state index in [4.69, 9.17) is 0 Å². The molecule has 0 unspecified atom stereocenters. The van der Waals surface area contributed by atoms with Gasteiger partial charge in [-0.2, -0.15) is 17.5 Å². The summed E-state index contributed by atoms with van der Waals surface area (Å²) < 4.78 is 65.1. The lowest BCUT2D eigenvalue weighted by molar-refractivity contribution is -0.137. The quantitative estimate of drug-likeness (QED) is 0.761. The van der Waals surface area contributed by atoms with Crippen molar-refractivity contribution in [2.24, 2.45) is 0 Å². The topological polar surface area (TPSA) is 66.5 Å². The smallest absolute Gasteiger partial charge is 0.348 e. The molecule has 0 bridgehead atoms. The van der Waals surface area contributed by atoms with Crippen LogP contribution in [-0.4, -0.2) is 31.7 Å². The molecule has 1 saturated heterocycles. The predicted octanol–water partition coefficient (Wildman–Crippen LogP) is 4.12. The van der Waals surface area contributed by atoms with E-state index < -0.39 is 27.7 Å². The van der Waals surface area contributed by atoms with Crippen LogP contribution in [0, 0.1) is 6.92 Å². The molecule has 0 aromatic heterocycles. The minimum Gasteiger partial charge on any atom is -0.348 e. The number of nitrogens with zero attached hydrogens (tertiary/aromatic N) is 1. The Balaban J connectivity index is 1.73. The minimum atomic E-state index is -4.42. The van der Waals surface area contributed by atoms with Gasteiger partial charge in [-0.3, -0.25) is 4.79 Å². The molecule has 30 heavy (non-hydrogen) atoms. The first-order valence-corrected chi connectivity index (χ1v) is 11.1. The Morgan fingerprint density at radius 2 is 1.67 bits per heavy atom. The van der Waals surface area contributed by atoms with Crippen LogP contribution in [-0.2, 0) is 22.7 Å². The van der Waals surface area contributed by atoms with Crippen molar-refractivity contribution in [3.05, 3.63) is 64.7 Å². The minimum absolute atomic E-state index is 0.0273. The fourth-order valence-electron chi connectivity index (χ4n) is 3.35. The summed E-state index contributed by atoms with van der Waals surface area (Å²) in [5.74, 6) is -0.483. The zero-order valence-electron chi connectivity index (χ0n) is 16.5. The van der Waals surface area contributed by atoms with E-state index in [0.29, 0.717) is 24.2 Å². The van der Waals surface area contributed by atoms with Crippen LogP contribution >= 0.6 is 0 Å². The summed E-state index contributed by atoms with van der Waals surface area (Å²) >= 11 is 0. The normalized spacial score (nSPS) is 15.7. The van der Waals surface area contributed by atoms with Gasteiger partial charge in [0.05, 0.1) is 10.5 Å². The summed E-state index contributed by atoms with van der Waals surface area (Å²) in [6.45, 7) is 2.65. The van der Waals surface area contributed by atoms with E-state index in [0.717, 1.165) is 31.4 Å². The summed E-state index contributed by atoms with van der Waals surface area (Å²) in [6, 6.07) is 8.95. The number of piperidine rings is 1. The highest BCUT2D eigenvalue weighted by atomic mass is 32.2. The van der Waals surface area contributed by atoms with Crippen LogP contribution in [0.15, 0.2) is 47.4 Å². The Bertz CT molecular complexity index is 1010. The molecular weight excluding hydrogens is 417 g/mol. The second kappa shape index (κ2) is 8.77. The summed E-state index contributed by atoms with van der Waals surface area (Å²) in [6.07, 6.45) is -1.80. The van der Waals surface area contributed by atoms with Gasteiger partial charge in [-0.15, -0.1) is 0 Å². The molecule has 0 atom stereocenters. The number of alkyl halides is 3. The molecule has 0 radical (unpaired) electrons. The molecule has 162 valence electrons. The van der Waals surface area contributed by atoms with E-state index in [9.17, 15) is 26.4 Å². The highest BCUT2D eigenvalue weighted by Gasteiger charge is 2.30. The molecule has 2 aromatic carbocycles. The lowest BCUT2D eigenvalue weighted by Crippen LogP contribution is -2.35. The number of rotatable bonds is 5. The van der Waals surface area contributed by atoms with Crippen LogP contribution in [0.3, 0.4) is 0 Å². The zero-order chi connectivity index (χ0) is 21.9. The van der Waals surface area contributed by atoms with Gasteiger partial charge in [0, 0.05) is 25.2 Å². The number of aryl methyl sites for hydroxylation is 1. The van der Waals surface area contributed by atoms with Gasteiger partial charge in [0.15, 0.2) is 0 Å². The Hall–Kier alpha value is -2.39. The number of sulfonamides is 1. The van der Waals surface area contributed by atoms with Gasteiger partial charge in [-0.25, -0.2) is 8.42 Å². The largest absolute Gasteiger partial charge is 0.416 e. The Morgan fingerprint density at radius 3 is 2.27 bits per heavy atom. The van der Waals surface area contributed by atoms with Crippen LogP contribution in [0.4, 0.5) is 13.2 Å². The van der Waals surface area contributed by atoms with E-state index in [2.05, 4.69) is 5.32 Å². The summed E-state index contributed by atoms with van der Waals surface area (Å²) in [4.78, 5) is 12.7. The zero-order valence-corrected chi connectivity index (χ0v) is 17.3. The lowest BCUT2D eigenvalue weighted by Gasteiger charge is -2.26. The summed E-state index contributed by atoms with van der Waals surface area (Å²) in [5, 5.41) is 2.64. The van der Waals surface area contributed by atoms with Crippen molar-refractivity contribution in [1.29, 1.82) is 0 Å². The molecule has 2 aromatic rings. The van der Waals surface area contributed by atoms with Gasteiger partial charge in [-0.1, -0.05) is 24.6 Å². The first-order chi connectivity index (χ1) is 14.1. The third-order valence-electron chi connectivity index (χ3n) is 5.14. The van der Waals surface area contributed by atoms with Crippen molar-refractivity contribution in [2.45, 2.75) is 43.8 Å². The third-order valence-corrected chi connectivity index (χ3v) is 7.04. The fraction of sp³-hybridized carbons (Fsp3) is 0.381. The van der Waals surface area contributed by atoms with Crippen molar-refractivity contribution < 1.29 is 26.4 Å². The molecule has 1 amide bonds. The molecule has 0 spiro atoms. The van der Waals surface area contributed by atoms with Gasteiger partial charge in [0.2, 0.25) is 10.0 Å². The van der Waals surface area contributed by atoms with Gasteiger partial charge >= 0.3 is 6.18 Å². The molecule has 1 aliphatic heterocycles. The highest BCUT2D eigenvalue weighted by molar-refractivity contribution is 7.89. The molecule has 3 rings (SSSR count). The Morgan fingerprint density at radius 1 is 1.03 bits per heavy atom. The van der Waals surface area contributed by atoms with E-state index in [-0.39, 0.29) is 17.0 Å². The van der Waals surface area contributed by atoms with E-state index in [1.807, 2.05) is 0 Å². The van der Waals surface area contributed by atoms with Crippen LogP contribution in [0.1, 0.15) is 46.3 Å². The molecule has 1 fully saturated rings. The summed E-state index contributed by atoms with van der Waals surface area (Å²) in [7, 11) is -3.67. The van der Waals surface area contributed by atoms with Crippen molar-refractivity contribution in [2.75, 3.05) is 13.1 Å². The van der Waals surface area contributed by atoms with Crippen LogP contribution in [0.25, 0.3) is 0 Å². The number of nitrogens with one attached hydrogen (secondary N) is 1. The van der Waals surface area contributed by atoms with Gasteiger partial charge in [-0.05, 0) is 55.2 Å². The molecule has 0 aliphatic carbocycles. The number of hydrogen-bond donors (Lipinski definition) is 1. The average molecular weight is 440 g/mol. The van der Waals surface area contributed by atoms with Crippen molar-refractivity contribution in [1.82, 2.24) is 9.62 Å². The van der Waals surface area contributed by atoms with Crippen molar-refractivity contribution >= 4 is 15.9 Å². The van der Waals surface area contributed by atoms with E-state index in [1.165, 1.54) is 28.6 Å². The number of hydrogen-bond acceptors (Lipinski definition) is 3. The number of carbonyl (C=O) groups excluding carboxylic acids is 1. The second-order valence-electron chi connectivity index (χ2n) is 7.32. The van der Waals surface area contributed by atoms with Gasteiger partial charge in [0.1, 0.15) is 0 Å². The first-order valence-electron chi connectivity index (χ1n) is 9.64. The highest BCUT2D eigenvalue weighted by Crippen LogP contribution is 2.29. The maximum Gasteiger partial charge on any atom is 0.416 e. The van der Waals surface area contributed by atoms with Crippen LogP contribution < -0.4 is 5.32 Å². The molecule has 1 N–H and O–H groups in total. The molecule has 0 saturated carbocycles. The SMILES string of the molecule is Cc1ccc(S(=O)(=O)N2CCCCC2)cc1C(=O)NCc1ccc(C(F)(F)F)cc1. The standard InChI is InChI=1S/C21H23F3N2O3S/c1-15-5-10-18(30(28,29)26-11-3-2-4-12-26)13-19(15)20(27)25-14-16-6-8-17(9-7-16)21(22,23)24/h5-10,13H,2-4,11-12,14H2,1H3,(H,25,27). The molecule has 5 nitrogen and oxygen atoms in total. The Labute approximate surface area is 173 Å². The van der Waals surface area contributed by atoms with Crippen LogP contribution in [0.2, 0.25) is 0 Å². The Kier molecular flexibility index (Phi) is 6.52. The van der Waals surface area contributed by atoms with Crippen LogP contribution in [0.5, 0.6) is 0 Å².